The van der Waals surface area contributed by atoms with Crippen LogP contribution in [0.5, 0.6) is 0 Å². The zero-order chi connectivity index (χ0) is 31.6. The molecular formula is C30H29F3N7O4+. The molecule has 228 valence electrons. The molecule has 2 aromatic carbocycles. The van der Waals surface area contributed by atoms with Crippen LogP contribution in [-0.2, 0) is 35.2 Å². The number of nitrogens with one attached hydrogen (secondary N) is 1. The molecule has 5 rings (SSSR count). The number of allylic oxidation sites excluding steroid dienone is 1. The number of halogens is 3. The molecule has 4 aromatic rings. The fourth-order valence-corrected chi connectivity index (χ4v) is 5.44. The number of carbonyl (C=O) groups is 1. The van der Waals surface area contributed by atoms with Crippen LogP contribution in [-0.4, -0.2) is 44.1 Å². The first kappa shape index (κ1) is 30.3. The molecular weight excluding hydrogens is 579 g/mol. The lowest BCUT2D eigenvalue weighted by molar-refractivity contribution is -0.697. The van der Waals surface area contributed by atoms with Gasteiger partial charge in [0.25, 0.3) is 0 Å². The number of benzene rings is 2. The smallest absolute Gasteiger partial charge is 0.416 e. The van der Waals surface area contributed by atoms with Gasteiger partial charge in [-0.3, -0.25) is 4.90 Å². The van der Waals surface area contributed by atoms with Gasteiger partial charge in [-0.1, -0.05) is 12.1 Å². The lowest BCUT2D eigenvalue weighted by atomic mass is 9.89. The first-order valence-corrected chi connectivity index (χ1v) is 13.7. The summed E-state index contributed by atoms with van der Waals surface area (Å²) in [5, 5.41) is 25.3. The number of nitrogens with zero attached hydrogens (tertiary/aromatic N) is 6. The third-order valence-electron chi connectivity index (χ3n) is 7.51. The van der Waals surface area contributed by atoms with Crippen LogP contribution in [0.1, 0.15) is 41.6 Å². The second-order valence-corrected chi connectivity index (χ2v) is 10.2. The number of H-pyrrole nitrogens is 1. The number of alkyl halides is 3. The highest BCUT2D eigenvalue weighted by Crippen LogP contribution is 2.43. The van der Waals surface area contributed by atoms with Crippen LogP contribution < -0.4 is 15.2 Å². The molecule has 0 saturated heterocycles. The van der Waals surface area contributed by atoms with E-state index in [-0.39, 0.29) is 29.5 Å². The third-order valence-corrected chi connectivity index (χ3v) is 7.51. The molecule has 0 aliphatic carbocycles. The molecule has 3 heterocycles. The van der Waals surface area contributed by atoms with Gasteiger partial charge < -0.3 is 9.84 Å². The van der Waals surface area contributed by atoms with Gasteiger partial charge in [0.2, 0.25) is 12.3 Å². The van der Waals surface area contributed by atoms with E-state index in [1.165, 1.54) is 28.7 Å². The normalized spacial score (nSPS) is 14.8. The molecule has 0 saturated carbocycles. The molecule has 44 heavy (non-hydrogen) atoms. The summed E-state index contributed by atoms with van der Waals surface area (Å²) in [7, 11) is 1.18. The number of aromatic amines is 1. The van der Waals surface area contributed by atoms with Crippen molar-refractivity contribution in [3.8, 4) is 6.07 Å². The van der Waals surface area contributed by atoms with E-state index in [1.54, 1.807) is 25.1 Å². The van der Waals surface area contributed by atoms with E-state index < -0.39 is 29.4 Å². The van der Waals surface area contributed by atoms with E-state index in [2.05, 4.69) is 16.3 Å². The first-order chi connectivity index (χ1) is 21.1. The topological polar surface area (TPSA) is 133 Å². The standard InChI is InChI=1S/C30H28F3N7O4/c1-19-25(27(42)44-2)26(40-28(35-36-29(40)43)39(19)23-6-3-5-22(16-23)30(31,32)33)24-8-7-20(17-34)15-21(24)9-11-38-13-12-37(18-38)10-4-14-41/h3,5-8,12-13,15-16,18,26,41H,4,9-11,14H2,1-2H3/p+1. The van der Waals surface area contributed by atoms with E-state index in [0.717, 1.165) is 12.1 Å². The number of imidazole rings is 1. The van der Waals surface area contributed by atoms with Crippen molar-refractivity contribution in [1.29, 1.82) is 5.26 Å². The van der Waals surface area contributed by atoms with E-state index in [0.29, 0.717) is 42.6 Å². The SMILES string of the molecule is COC(=O)C1=C(C)N(c2cccc(C(F)(F)F)c2)c2n[nH]c(=O)n2C1c1ccc(C#N)cc1CCn1cc[n+](CCCO)c1. The Bertz CT molecular complexity index is 1830. The Morgan fingerprint density at radius 1 is 1.25 bits per heavy atom. The van der Waals surface area contributed by atoms with Gasteiger partial charge in [-0.2, -0.15) is 18.4 Å². The molecule has 2 aromatic heterocycles. The van der Waals surface area contributed by atoms with Crippen LogP contribution in [0, 0.1) is 11.3 Å². The van der Waals surface area contributed by atoms with Gasteiger partial charge in [0, 0.05) is 30.8 Å². The largest absolute Gasteiger partial charge is 0.466 e. The summed E-state index contributed by atoms with van der Waals surface area (Å²) >= 11 is 0. The van der Waals surface area contributed by atoms with Crippen LogP contribution >= 0.6 is 0 Å². The van der Waals surface area contributed by atoms with Crippen LogP contribution in [0.25, 0.3) is 0 Å². The van der Waals surface area contributed by atoms with Gasteiger partial charge >= 0.3 is 17.8 Å². The van der Waals surface area contributed by atoms with E-state index >= 15 is 0 Å². The zero-order valence-electron chi connectivity index (χ0n) is 23.9. The average Bonchev–Trinajstić information content (AvgIpc) is 3.63. The van der Waals surface area contributed by atoms with Gasteiger partial charge in [0.15, 0.2) is 0 Å². The van der Waals surface area contributed by atoms with Gasteiger partial charge in [-0.15, -0.1) is 5.10 Å². The number of carbonyl (C=O) groups excluding carboxylic acids is 1. The Labute approximate surface area is 249 Å². The number of aryl methyl sites for hydroxylation is 3. The summed E-state index contributed by atoms with van der Waals surface area (Å²) in [6, 6.07) is 10.5. The number of hydrogen-bond donors (Lipinski definition) is 2. The number of aromatic nitrogens is 5. The third kappa shape index (κ3) is 5.73. The monoisotopic (exact) mass is 608 g/mol. The molecule has 0 amide bonds. The van der Waals surface area contributed by atoms with Gasteiger partial charge in [0.05, 0.1) is 43.0 Å². The highest BCUT2D eigenvalue weighted by molar-refractivity contribution is 5.93. The molecule has 1 aliphatic rings. The minimum atomic E-state index is -4.63. The van der Waals surface area contributed by atoms with E-state index in [4.69, 9.17) is 9.84 Å². The number of nitriles is 1. The zero-order valence-corrected chi connectivity index (χ0v) is 23.9. The molecule has 2 N–H and O–H groups in total. The number of esters is 1. The van der Waals surface area contributed by atoms with Gasteiger partial charge in [0.1, 0.15) is 18.4 Å². The molecule has 0 radical (unpaired) electrons. The van der Waals surface area contributed by atoms with Crippen LogP contribution in [0.15, 0.2) is 77.3 Å². The quantitative estimate of drug-likeness (QED) is 0.220. The highest BCUT2D eigenvalue weighted by atomic mass is 19.4. The number of aliphatic hydroxyl groups excluding tert-OH is 1. The van der Waals surface area contributed by atoms with Crippen LogP contribution in [0.4, 0.5) is 24.8 Å². The van der Waals surface area contributed by atoms with Crippen molar-refractivity contribution >= 4 is 17.6 Å². The molecule has 0 fully saturated rings. The second kappa shape index (κ2) is 12.2. The van der Waals surface area contributed by atoms with Gasteiger partial charge in [-0.05, 0) is 48.4 Å². The lowest BCUT2D eigenvalue weighted by Gasteiger charge is -2.36. The van der Waals surface area contributed by atoms with Crippen molar-refractivity contribution in [1.82, 2.24) is 19.3 Å². The lowest BCUT2D eigenvalue weighted by Crippen LogP contribution is -2.38. The Kier molecular flexibility index (Phi) is 8.41. The van der Waals surface area contributed by atoms with Crippen LogP contribution in [0.3, 0.4) is 0 Å². The minimum absolute atomic E-state index is 0.0184. The Balaban J connectivity index is 1.64. The predicted octanol–water partition coefficient (Wildman–Crippen LogP) is 3.36. The predicted molar refractivity (Wildman–Crippen MR) is 150 cm³/mol. The van der Waals surface area contributed by atoms with Crippen molar-refractivity contribution in [2.75, 3.05) is 18.6 Å². The fraction of sp³-hybridized carbons (Fsp3) is 0.300. The Morgan fingerprint density at radius 3 is 2.75 bits per heavy atom. The maximum Gasteiger partial charge on any atom is 0.416 e. The molecule has 0 spiro atoms. The summed E-state index contributed by atoms with van der Waals surface area (Å²) in [6.45, 7) is 2.75. The van der Waals surface area contributed by atoms with Crippen molar-refractivity contribution in [3.05, 3.63) is 105 Å². The summed E-state index contributed by atoms with van der Waals surface area (Å²) in [4.78, 5) is 28.0. The minimum Gasteiger partial charge on any atom is -0.466 e. The molecule has 14 heteroatoms. The molecule has 1 atom stereocenters. The number of hydrogen-bond acceptors (Lipinski definition) is 7. The average molecular weight is 609 g/mol. The van der Waals surface area contributed by atoms with E-state index in [9.17, 15) is 28.0 Å². The molecule has 11 nitrogen and oxygen atoms in total. The summed E-state index contributed by atoms with van der Waals surface area (Å²) in [5.41, 5.74) is 0.249. The van der Waals surface area contributed by atoms with Crippen molar-refractivity contribution in [2.24, 2.45) is 0 Å². The number of aliphatic hydroxyl groups is 1. The fourth-order valence-electron chi connectivity index (χ4n) is 5.44. The number of fused-ring (bicyclic) bond motifs is 1. The molecule has 0 bridgehead atoms. The highest BCUT2D eigenvalue weighted by Gasteiger charge is 2.41. The second-order valence-electron chi connectivity index (χ2n) is 10.2. The number of anilines is 2. The number of ether oxygens (including phenoxy) is 1. The van der Waals surface area contributed by atoms with Crippen molar-refractivity contribution < 1.29 is 32.4 Å². The number of methoxy groups -OCH3 is 1. The van der Waals surface area contributed by atoms with Crippen LogP contribution in [0.2, 0.25) is 0 Å². The molecule has 1 aliphatic heterocycles. The summed E-state index contributed by atoms with van der Waals surface area (Å²) in [6.07, 6.45) is 2.03. The van der Waals surface area contributed by atoms with Crippen molar-refractivity contribution in [2.45, 2.75) is 45.1 Å². The summed E-state index contributed by atoms with van der Waals surface area (Å²) in [5.74, 6) is -0.802. The summed E-state index contributed by atoms with van der Waals surface area (Å²) < 4.78 is 51.1. The van der Waals surface area contributed by atoms with Crippen molar-refractivity contribution in [3.63, 3.8) is 0 Å². The first-order valence-electron chi connectivity index (χ1n) is 13.7. The van der Waals surface area contributed by atoms with Gasteiger partial charge in [-0.25, -0.2) is 28.4 Å². The number of rotatable bonds is 9. The maximum atomic E-state index is 13.6. The maximum absolute atomic E-state index is 13.6. The van der Waals surface area contributed by atoms with E-state index in [1.807, 2.05) is 27.9 Å². The molecule has 1 unspecified atom stereocenters. The Hall–Kier alpha value is -5.16. The Morgan fingerprint density at radius 2 is 2.05 bits per heavy atom.